The Morgan fingerprint density at radius 1 is 1.12 bits per heavy atom. The largest absolute Gasteiger partial charge is 0.494 e. The third-order valence-electron chi connectivity index (χ3n) is 4.25. The van der Waals surface area contributed by atoms with Gasteiger partial charge in [-0.2, -0.15) is 13.2 Å². The first-order valence-corrected chi connectivity index (χ1v) is 9.55. The zero-order valence-corrected chi connectivity index (χ0v) is 18.0. The number of alkyl halides is 3. The van der Waals surface area contributed by atoms with Gasteiger partial charge in [0, 0.05) is 10.9 Å². The van der Waals surface area contributed by atoms with Crippen LogP contribution in [0.4, 0.5) is 18.0 Å². The first-order chi connectivity index (χ1) is 15.3. The Balaban J connectivity index is 2.04. The molecule has 0 radical (unpaired) electrons. The molecule has 0 saturated heterocycles. The molecule has 1 amide bonds. The van der Waals surface area contributed by atoms with Crippen molar-refractivity contribution in [3.63, 3.8) is 0 Å². The number of aromatic nitrogens is 2. The van der Waals surface area contributed by atoms with Crippen molar-refractivity contribution in [2.24, 2.45) is 0 Å². The summed E-state index contributed by atoms with van der Waals surface area (Å²) in [7, 11) is 1.28. The number of halogens is 3. The molecule has 0 fully saturated rings. The van der Waals surface area contributed by atoms with E-state index in [4.69, 9.17) is 13.9 Å². The number of nitrogens with one attached hydrogen (secondary N) is 1. The summed E-state index contributed by atoms with van der Waals surface area (Å²) in [6.07, 6.45) is -5.47. The summed E-state index contributed by atoms with van der Waals surface area (Å²) in [5, 5.41) is 12.1. The molecule has 2 heterocycles. The maximum Gasteiger partial charge on any atom is 0.433 e. The molecule has 176 valence electrons. The van der Waals surface area contributed by atoms with Crippen molar-refractivity contribution >= 4 is 23.0 Å². The molecule has 0 unspecified atom stereocenters. The van der Waals surface area contributed by atoms with Gasteiger partial charge in [0.1, 0.15) is 22.6 Å². The summed E-state index contributed by atoms with van der Waals surface area (Å²) >= 11 is 0. The van der Waals surface area contributed by atoms with Gasteiger partial charge >= 0.3 is 18.2 Å². The number of nitrogens with zero attached hydrogens (tertiary/aromatic N) is 2. The Labute approximate surface area is 185 Å². The number of carbonyl (C=O) groups is 2. The molecule has 3 rings (SSSR count). The van der Waals surface area contributed by atoms with Gasteiger partial charge in [-0.05, 0) is 45.0 Å². The number of aromatic carboxylic acids is 1. The quantitative estimate of drug-likeness (QED) is 0.556. The van der Waals surface area contributed by atoms with Crippen molar-refractivity contribution in [1.82, 2.24) is 15.3 Å². The second-order valence-electron chi connectivity index (χ2n) is 7.86. The van der Waals surface area contributed by atoms with E-state index in [0.717, 1.165) is 6.07 Å². The lowest BCUT2D eigenvalue weighted by Crippen LogP contribution is -2.32. The molecule has 3 aromatic rings. The number of methoxy groups -OCH3 is 1. The Bertz CT molecular complexity index is 1210. The smallest absolute Gasteiger partial charge is 0.433 e. The standard InChI is InChI=1S/C21H20F3N3O6/c1-20(2,3)33-19(30)25-9-13-16(18(28)29)27-17(32-13)11-5-7-12(31-4)15-10(11)6-8-14(26-15)21(22,23)24/h5-8H,9H2,1-4H3,(H,25,30)(H,28,29). The van der Waals surface area contributed by atoms with Crippen LogP contribution < -0.4 is 10.1 Å². The van der Waals surface area contributed by atoms with Gasteiger partial charge in [-0.15, -0.1) is 0 Å². The van der Waals surface area contributed by atoms with Crippen LogP contribution in [0, 0.1) is 0 Å². The van der Waals surface area contributed by atoms with E-state index < -0.39 is 35.2 Å². The van der Waals surface area contributed by atoms with Crippen LogP contribution in [0.25, 0.3) is 22.4 Å². The van der Waals surface area contributed by atoms with E-state index in [-0.39, 0.29) is 40.4 Å². The molecule has 2 N–H and O–H groups in total. The molecule has 0 bridgehead atoms. The van der Waals surface area contributed by atoms with Crippen LogP contribution in [0.3, 0.4) is 0 Å². The van der Waals surface area contributed by atoms with E-state index in [2.05, 4.69) is 15.3 Å². The Morgan fingerprint density at radius 3 is 2.39 bits per heavy atom. The molecule has 12 heteroatoms. The van der Waals surface area contributed by atoms with E-state index >= 15 is 0 Å². The summed E-state index contributed by atoms with van der Waals surface area (Å²) in [6.45, 7) is 4.65. The number of amides is 1. The highest BCUT2D eigenvalue weighted by Gasteiger charge is 2.33. The second-order valence-corrected chi connectivity index (χ2v) is 7.86. The number of pyridine rings is 1. The topological polar surface area (TPSA) is 124 Å². The molecule has 2 aromatic heterocycles. The van der Waals surface area contributed by atoms with Crippen molar-refractivity contribution in [2.45, 2.75) is 39.1 Å². The number of benzene rings is 1. The molecule has 1 aromatic carbocycles. The predicted octanol–water partition coefficient (Wildman–Crippen LogP) is 4.64. The number of carbonyl (C=O) groups excluding carboxylic acids is 1. The maximum atomic E-state index is 13.1. The number of oxazole rings is 1. The summed E-state index contributed by atoms with van der Waals surface area (Å²) in [6, 6.07) is 4.79. The number of alkyl carbamates (subject to hydrolysis) is 1. The van der Waals surface area contributed by atoms with Gasteiger partial charge in [-0.25, -0.2) is 19.6 Å². The summed E-state index contributed by atoms with van der Waals surface area (Å²) in [5.41, 5.74) is -2.26. The SMILES string of the molecule is COc1ccc(-c2nc(C(=O)O)c(CNC(=O)OC(C)(C)C)o2)c2ccc(C(F)(F)F)nc12. The van der Waals surface area contributed by atoms with Crippen LogP contribution in [0.5, 0.6) is 5.75 Å². The molecule has 0 atom stereocenters. The fraction of sp³-hybridized carbons (Fsp3) is 0.333. The number of carboxylic acid groups (broad SMARTS) is 1. The summed E-state index contributed by atoms with van der Waals surface area (Å²) < 4.78 is 55.2. The molecular weight excluding hydrogens is 447 g/mol. The Kier molecular flexibility index (Phi) is 6.21. The lowest BCUT2D eigenvalue weighted by atomic mass is 10.1. The highest BCUT2D eigenvalue weighted by molar-refractivity contribution is 5.97. The van der Waals surface area contributed by atoms with Crippen LogP contribution in [-0.4, -0.2) is 39.8 Å². The normalized spacial score (nSPS) is 12.0. The minimum Gasteiger partial charge on any atom is -0.494 e. The fourth-order valence-electron chi connectivity index (χ4n) is 2.92. The Morgan fingerprint density at radius 2 is 1.82 bits per heavy atom. The van der Waals surface area contributed by atoms with Crippen molar-refractivity contribution < 1.29 is 41.8 Å². The second kappa shape index (κ2) is 8.60. The van der Waals surface area contributed by atoms with Crippen LogP contribution in [0.2, 0.25) is 0 Å². The van der Waals surface area contributed by atoms with Gasteiger partial charge in [-0.1, -0.05) is 0 Å². The van der Waals surface area contributed by atoms with Crippen molar-refractivity contribution in [3.8, 4) is 17.2 Å². The summed E-state index contributed by atoms with van der Waals surface area (Å²) in [4.78, 5) is 31.1. The fourth-order valence-corrected chi connectivity index (χ4v) is 2.92. The average Bonchev–Trinajstić information content (AvgIpc) is 3.13. The van der Waals surface area contributed by atoms with Crippen molar-refractivity contribution in [3.05, 3.63) is 41.4 Å². The van der Waals surface area contributed by atoms with Crippen molar-refractivity contribution in [2.75, 3.05) is 7.11 Å². The Hall–Kier alpha value is -3.83. The van der Waals surface area contributed by atoms with Gasteiger partial charge in [0.2, 0.25) is 5.89 Å². The number of ether oxygens (including phenoxy) is 2. The van der Waals surface area contributed by atoms with Crippen LogP contribution in [0.1, 0.15) is 42.7 Å². The van der Waals surface area contributed by atoms with Gasteiger partial charge in [0.25, 0.3) is 0 Å². The van der Waals surface area contributed by atoms with Crippen LogP contribution >= 0.6 is 0 Å². The number of rotatable bonds is 5. The van der Waals surface area contributed by atoms with Gasteiger partial charge in [-0.3, -0.25) is 0 Å². The lowest BCUT2D eigenvalue weighted by molar-refractivity contribution is -0.140. The average molecular weight is 467 g/mol. The van der Waals surface area contributed by atoms with E-state index in [9.17, 15) is 27.9 Å². The van der Waals surface area contributed by atoms with E-state index in [1.807, 2.05) is 0 Å². The minimum atomic E-state index is -4.67. The number of hydrogen-bond donors (Lipinski definition) is 2. The number of carboxylic acids is 1. The zero-order chi connectivity index (χ0) is 24.6. The molecule has 0 aliphatic carbocycles. The highest BCUT2D eigenvalue weighted by atomic mass is 19.4. The van der Waals surface area contributed by atoms with E-state index in [1.165, 1.54) is 25.3 Å². The third-order valence-corrected chi connectivity index (χ3v) is 4.25. The maximum absolute atomic E-state index is 13.1. The van der Waals surface area contributed by atoms with E-state index in [0.29, 0.717) is 0 Å². The number of hydrogen-bond acceptors (Lipinski definition) is 7. The van der Waals surface area contributed by atoms with E-state index in [1.54, 1.807) is 20.8 Å². The molecule has 0 aliphatic heterocycles. The van der Waals surface area contributed by atoms with Crippen LogP contribution in [0.15, 0.2) is 28.7 Å². The molecule has 0 aliphatic rings. The molecular formula is C21H20F3N3O6. The predicted molar refractivity (Wildman–Crippen MR) is 109 cm³/mol. The van der Waals surface area contributed by atoms with Gasteiger partial charge in [0.05, 0.1) is 13.7 Å². The van der Waals surface area contributed by atoms with Crippen LogP contribution in [-0.2, 0) is 17.5 Å². The highest BCUT2D eigenvalue weighted by Crippen LogP contribution is 2.37. The van der Waals surface area contributed by atoms with Crippen molar-refractivity contribution in [1.29, 1.82) is 0 Å². The lowest BCUT2D eigenvalue weighted by Gasteiger charge is -2.19. The molecule has 0 saturated carbocycles. The first kappa shape index (κ1) is 23.8. The van der Waals surface area contributed by atoms with Gasteiger partial charge < -0.3 is 24.3 Å². The molecule has 33 heavy (non-hydrogen) atoms. The summed E-state index contributed by atoms with van der Waals surface area (Å²) in [5.74, 6) is -1.69. The monoisotopic (exact) mass is 467 g/mol. The number of fused-ring (bicyclic) bond motifs is 1. The third kappa shape index (κ3) is 5.33. The molecule has 9 nitrogen and oxygen atoms in total. The minimum absolute atomic E-state index is 0.0803. The molecule has 0 spiro atoms. The van der Waals surface area contributed by atoms with Gasteiger partial charge in [0.15, 0.2) is 11.5 Å². The first-order valence-electron chi connectivity index (χ1n) is 9.55. The zero-order valence-electron chi connectivity index (χ0n) is 18.0.